The molecule has 7 heteroatoms. The summed E-state index contributed by atoms with van der Waals surface area (Å²) < 4.78 is 11.7. The minimum absolute atomic E-state index is 0.238. The van der Waals surface area contributed by atoms with E-state index in [1.165, 1.54) is 0 Å². The van der Waals surface area contributed by atoms with Gasteiger partial charge in [0.2, 0.25) is 11.8 Å². The van der Waals surface area contributed by atoms with Crippen molar-refractivity contribution in [1.29, 1.82) is 0 Å². The summed E-state index contributed by atoms with van der Waals surface area (Å²) >= 11 is 6.21. The highest BCUT2D eigenvalue weighted by atomic mass is 35.5. The lowest BCUT2D eigenvalue weighted by atomic mass is 10.1. The molecule has 1 aliphatic rings. The highest BCUT2D eigenvalue weighted by molar-refractivity contribution is 6.31. The minimum atomic E-state index is -0.238. The molecular weight excluding hydrogens is 340 g/mol. The largest absolute Gasteiger partial charge is 0.442 e. The lowest BCUT2D eigenvalue weighted by molar-refractivity contribution is 0.0211. The van der Waals surface area contributed by atoms with Gasteiger partial charge in [-0.05, 0) is 17.7 Å². The standard InChI is InChI=1S/C18H17ClN4O2/c19-15-5-2-1-4-13(15)10-14-11-22-17(25-14)16-12-23(8-9-24-16)18-20-6-3-7-21-18/h1-7,11,16H,8-10,12H2/t16-/m0/s1. The quantitative estimate of drug-likeness (QED) is 0.714. The van der Waals surface area contributed by atoms with Crippen molar-refractivity contribution < 1.29 is 9.15 Å². The van der Waals surface area contributed by atoms with Crippen LogP contribution >= 0.6 is 11.6 Å². The summed E-state index contributed by atoms with van der Waals surface area (Å²) in [4.78, 5) is 15.1. The Morgan fingerprint density at radius 1 is 1.12 bits per heavy atom. The van der Waals surface area contributed by atoms with Gasteiger partial charge < -0.3 is 14.1 Å². The molecule has 128 valence electrons. The number of nitrogens with zero attached hydrogens (tertiary/aromatic N) is 4. The summed E-state index contributed by atoms with van der Waals surface area (Å²) in [5.74, 6) is 2.03. The molecular formula is C18H17ClN4O2. The second-order valence-corrected chi connectivity index (χ2v) is 6.19. The summed E-state index contributed by atoms with van der Waals surface area (Å²) in [6.07, 6.45) is 5.57. The highest BCUT2D eigenvalue weighted by Crippen LogP contribution is 2.25. The second-order valence-electron chi connectivity index (χ2n) is 5.79. The lowest BCUT2D eigenvalue weighted by Gasteiger charge is -2.31. The normalized spacial score (nSPS) is 17.6. The number of ether oxygens (including phenoxy) is 1. The zero-order valence-corrected chi connectivity index (χ0v) is 14.3. The summed E-state index contributed by atoms with van der Waals surface area (Å²) in [7, 11) is 0. The van der Waals surface area contributed by atoms with E-state index >= 15 is 0 Å². The van der Waals surface area contributed by atoms with Crippen LogP contribution in [-0.2, 0) is 11.2 Å². The number of halogens is 1. The topological polar surface area (TPSA) is 64.3 Å². The average Bonchev–Trinajstić information content (AvgIpc) is 3.13. The zero-order valence-electron chi connectivity index (χ0n) is 13.5. The van der Waals surface area contributed by atoms with Gasteiger partial charge in [0.1, 0.15) is 5.76 Å². The van der Waals surface area contributed by atoms with E-state index in [2.05, 4.69) is 19.9 Å². The van der Waals surface area contributed by atoms with Gasteiger partial charge in [0.25, 0.3) is 0 Å². The fraction of sp³-hybridized carbons (Fsp3) is 0.278. The summed E-state index contributed by atoms with van der Waals surface area (Å²) in [6.45, 7) is 1.93. The Kier molecular flexibility index (Phi) is 4.63. The molecule has 4 rings (SSSR count). The zero-order chi connectivity index (χ0) is 17.1. The number of aromatic nitrogens is 3. The fourth-order valence-electron chi connectivity index (χ4n) is 2.82. The van der Waals surface area contributed by atoms with Gasteiger partial charge in [0, 0.05) is 30.4 Å². The van der Waals surface area contributed by atoms with Gasteiger partial charge in [0.05, 0.1) is 19.3 Å². The van der Waals surface area contributed by atoms with Gasteiger partial charge in [0.15, 0.2) is 6.10 Å². The Labute approximate surface area is 150 Å². The van der Waals surface area contributed by atoms with Crippen LogP contribution in [-0.4, -0.2) is 34.6 Å². The Bertz CT molecular complexity index is 840. The fourth-order valence-corrected chi connectivity index (χ4v) is 3.02. The predicted octanol–water partition coefficient (Wildman–Crippen LogP) is 3.29. The number of anilines is 1. The van der Waals surface area contributed by atoms with Crippen LogP contribution in [0.15, 0.2) is 53.3 Å². The lowest BCUT2D eigenvalue weighted by Crippen LogP contribution is -2.39. The first kappa shape index (κ1) is 16.1. The Morgan fingerprint density at radius 3 is 2.80 bits per heavy atom. The third-order valence-electron chi connectivity index (χ3n) is 4.07. The maximum Gasteiger partial charge on any atom is 0.225 e. The molecule has 2 aromatic heterocycles. The third-order valence-corrected chi connectivity index (χ3v) is 4.44. The molecule has 0 radical (unpaired) electrons. The predicted molar refractivity (Wildman–Crippen MR) is 93.7 cm³/mol. The number of rotatable bonds is 4. The van der Waals surface area contributed by atoms with Crippen molar-refractivity contribution in [2.75, 3.05) is 24.6 Å². The van der Waals surface area contributed by atoms with Crippen LogP contribution in [0.1, 0.15) is 23.3 Å². The van der Waals surface area contributed by atoms with Crippen LogP contribution < -0.4 is 4.90 Å². The van der Waals surface area contributed by atoms with Gasteiger partial charge >= 0.3 is 0 Å². The van der Waals surface area contributed by atoms with E-state index in [0.29, 0.717) is 31.4 Å². The van der Waals surface area contributed by atoms with Crippen LogP contribution in [0.2, 0.25) is 5.02 Å². The van der Waals surface area contributed by atoms with Gasteiger partial charge in [-0.15, -0.1) is 0 Å². The number of oxazole rings is 1. The van der Waals surface area contributed by atoms with Gasteiger partial charge in [-0.2, -0.15) is 0 Å². The summed E-state index contributed by atoms with van der Waals surface area (Å²) in [5, 5.41) is 0.724. The molecule has 0 N–H and O–H groups in total. The molecule has 0 aliphatic carbocycles. The molecule has 3 aromatic rings. The van der Waals surface area contributed by atoms with E-state index in [9.17, 15) is 0 Å². The molecule has 0 amide bonds. The van der Waals surface area contributed by atoms with Gasteiger partial charge in [-0.3, -0.25) is 0 Å². The van der Waals surface area contributed by atoms with Gasteiger partial charge in [-0.1, -0.05) is 29.8 Å². The van der Waals surface area contributed by atoms with Crippen LogP contribution in [0, 0.1) is 0 Å². The van der Waals surface area contributed by atoms with Crippen LogP contribution in [0.25, 0.3) is 0 Å². The van der Waals surface area contributed by atoms with Crippen molar-refractivity contribution in [1.82, 2.24) is 15.0 Å². The van der Waals surface area contributed by atoms with E-state index in [-0.39, 0.29) is 6.10 Å². The molecule has 1 atom stereocenters. The molecule has 6 nitrogen and oxygen atoms in total. The molecule has 3 heterocycles. The molecule has 1 fully saturated rings. The smallest absolute Gasteiger partial charge is 0.225 e. The maximum absolute atomic E-state index is 6.21. The summed E-state index contributed by atoms with van der Waals surface area (Å²) in [6, 6.07) is 9.52. The molecule has 0 bridgehead atoms. The third kappa shape index (κ3) is 3.65. The van der Waals surface area contributed by atoms with Crippen molar-refractivity contribution in [3.05, 3.63) is 71.2 Å². The van der Waals surface area contributed by atoms with Crippen molar-refractivity contribution in [2.24, 2.45) is 0 Å². The van der Waals surface area contributed by atoms with E-state index in [1.54, 1.807) is 24.7 Å². The van der Waals surface area contributed by atoms with E-state index < -0.39 is 0 Å². The SMILES string of the molecule is Clc1ccccc1Cc1cnc([C@@H]2CN(c3ncccn3)CCO2)o1. The molecule has 25 heavy (non-hydrogen) atoms. The molecule has 1 saturated heterocycles. The molecule has 1 aromatic carbocycles. The van der Waals surface area contributed by atoms with Crippen molar-refractivity contribution >= 4 is 17.5 Å². The monoisotopic (exact) mass is 356 g/mol. The van der Waals surface area contributed by atoms with Gasteiger partial charge in [-0.25, -0.2) is 15.0 Å². The first-order valence-corrected chi connectivity index (χ1v) is 8.49. The number of morpholine rings is 1. The Morgan fingerprint density at radius 2 is 1.96 bits per heavy atom. The molecule has 1 aliphatic heterocycles. The number of hydrogen-bond acceptors (Lipinski definition) is 6. The first-order chi connectivity index (χ1) is 12.3. The summed E-state index contributed by atoms with van der Waals surface area (Å²) in [5.41, 5.74) is 1.01. The highest BCUT2D eigenvalue weighted by Gasteiger charge is 2.27. The average molecular weight is 357 g/mol. The van der Waals surface area contributed by atoms with Crippen molar-refractivity contribution in [3.8, 4) is 0 Å². The van der Waals surface area contributed by atoms with Crippen molar-refractivity contribution in [3.63, 3.8) is 0 Å². The molecule has 0 unspecified atom stereocenters. The van der Waals surface area contributed by atoms with E-state index in [4.69, 9.17) is 20.8 Å². The van der Waals surface area contributed by atoms with Crippen LogP contribution in [0.3, 0.4) is 0 Å². The minimum Gasteiger partial charge on any atom is -0.442 e. The first-order valence-electron chi connectivity index (χ1n) is 8.11. The van der Waals surface area contributed by atoms with E-state index in [0.717, 1.165) is 22.9 Å². The molecule has 0 spiro atoms. The number of hydrogen-bond donors (Lipinski definition) is 0. The molecule has 0 saturated carbocycles. The van der Waals surface area contributed by atoms with E-state index in [1.807, 2.05) is 24.3 Å². The number of benzene rings is 1. The Hall–Kier alpha value is -2.44. The Balaban J connectivity index is 1.47. The van der Waals surface area contributed by atoms with Crippen LogP contribution in [0.4, 0.5) is 5.95 Å². The van der Waals surface area contributed by atoms with Crippen molar-refractivity contribution in [2.45, 2.75) is 12.5 Å². The second kappa shape index (κ2) is 7.21. The maximum atomic E-state index is 6.21. The van der Waals surface area contributed by atoms with Crippen LogP contribution in [0.5, 0.6) is 0 Å².